The summed E-state index contributed by atoms with van der Waals surface area (Å²) in [6.45, 7) is 1.74. The summed E-state index contributed by atoms with van der Waals surface area (Å²) in [5, 5.41) is 8.63. The van der Waals surface area contributed by atoms with Gasteiger partial charge in [-0.05, 0) is 12.5 Å². The molecule has 0 aliphatic rings. The van der Waals surface area contributed by atoms with E-state index in [-0.39, 0.29) is 5.56 Å². The minimum Gasteiger partial charge on any atom is -0.478 e. The molecule has 0 atom stereocenters. The number of hydrogen-bond acceptors (Lipinski definition) is 1. The molecule has 0 fully saturated rings. The van der Waals surface area contributed by atoms with Crippen molar-refractivity contribution < 1.29 is 9.90 Å². The average Bonchev–Trinajstić information content (AvgIpc) is 1.94. The van der Waals surface area contributed by atoms with E-state index in [0.717, 1.165) is 5.56 Å². The first-order valence-electron chi connectivity index (χ1n) is 3.20. The van der Waals surface area contributed by atoms with Crippen LogP contribution in [0.2, 0.25) is 0 Å². The van der Waals surface area contributed by atoms with Crippen LogP contribution in [0.3, 0.4) is 0 Å². The lowest BCUT2D eigenvalue weighted by Crippen LogP contribution is -2.08. The van der Waals surface area contributed by atoms with Gasteiger partial charge in [-0.3, -0.25) is 0 Å². The van der Waals surface area contributed by atoms with E-state index >= 15 is 0 Å². The first-order chi connectivity index (χ1) is 5.11. The fourth-order valence-electron chi connectivity index (χ4n) is 0.870. The highest BCUT2D eigenvalue weighted by molar-refractivity contribution is 6.32. The Kier molecular flexibility index (Phi) is 1.99. The Morgan fingerprint density at radius 1 is 1.55 bits per heavy atom. The predicted octanol–water partition coefficient (Wildman–Crippen LogP) is 0.487. The molecule has 0 amide bonds. The van der Waals surface area contributed by atoms with Gasteiger partial charge in [0, 0.05) is 0 Å². The summed E-state index contributed by atoms with van der Waals surface area (Å²) in [5.74, 6) is -0.935. The molecule has 1 aromatic carbocycles. The first kappa shape index (κ1) is 7.86. The summed E-state index contributed by atoms with van der Waals surface area (Å²) >= 11 is 0. The van der Waals surface area contributed by atoms with E-state index in [4.69, 9.17) is 13.0 Å². The third kappa shape index (κ3) is 1.61. The Balaban J connectivity index is 3.23. The van der Waals surface area contributed by atoms with Crippen LogP contribution in [0.15, 0.2) is 18.2 Å². The van der Waals surface area contributed by atoms with Crippen LogP contribution in [-0.2, 0) is 0 Å². The van der Waals surface area contributed by atoms with Crippen molar-refractivity contribution in [3.63, 3.8) is 0 Å². The summed E-state index contributed by atoms with van der Waals surface area (Å²) in [6, 6.07) is 4.83. The lowest BCUT2D eigenvalue weighted by atomic mass is 9.92. The van der Waals surface area contributed by atoms with Gasteiger partial charge in [0.05, 0.1) is 5.56 Å². The zero-order valence-electron chi connectivity index (χ0n) is 6.16. The Labute approximate surface area is 66.3 Å². The number of aromatic carboxylic acids is 1. The highest BCUT2D eigenvalue weighted by Crippen LogP contribution is 2.03. The standard InChI is InChI=1S/C8H7BO2/c1-5-2-3-6(9)4-7(5)8(10)11/h2-4H,1H3,(H,10,11). The Bertz CT molecular complexity index is 294. The van der Waals surface area contributed by atoms with Crippen LogP contribution >= 0.6 is 0 Å². The molecule has 0 saturated heterocycles. The van der Waals surface area contributed by atoms with Gasteiger partial charge >= 0.3 is 5.97 Å². The van der Waals surface area contributed by atoms with Gasteiger partial charge in [-0.15, -0.1) is 0 Å². The number of carboxylic acid groups (broad SMARTS) is 1. The van der Waals surface area contributed by atoms with Gasteiger partial charge in [-0.25, -0.2) is 4.79 Å². The fourth-order valence-corrected chi connectivity index (χ4v) is 0.870. The third-order valence-electron chi connectivity index (χ3n) is 1.49. The van der Waals surface area contributed by atoms with Crippen LogP contribution in [-0.4, -0.2) is 18.9 Å². The van der Waals surface area contributed by atoms with Crippen molar-refractivity contribution in [1.29, 1.82) is 0 Å². The second kappa shape index (κ2) is 2.78. The lowest BCUT2D eigenvalue weighted by Gasteiger charge is -2.00. The quantitative estimate of drug-likeness (QED) is 0.585. The maximum absolute atomic E-state index is 10.5. The number of benzene rings is 1. The summed E-state index contributed by atoms with van der Waals surface area (Å²) in [7, 11) is 5.40. The molecular weight excluding hydrogens is 139 g/mol. The van der Waals surface area contributed by atoms with Crippen LogP contribution in [0.4, 0.5) is 0 Å². The summed E-state index contributed by atoms with van der Waals surface area (Å²) in [5.41, 5.74) is 1.48. The minimum atomic E-state index is -0.935. The number of carboxylic acids is 1. The van der Waals surface area contributed by atoms with E-state index in [1.807, 2.05) is 0 Å². The molecule has 0 heterocycles. The molecule has 2 radical (unpaired) electrons. The van der Waals surface area contributed by atoms with E-state index in [0.29, 0.717) is 5.46 Å². The zero-order valence-corrected chi connectivity index (χ0v) is 6.16. The summed E-state index contributed by atoms with van der Waals surface area (Å²) < 4.78 is 0. The van der Waals surface area contributed by atoms with Crippen molar-refractivity contribution in [2.45, 2.75) is 6.92 Å². The van der Waals surface area contributed by atoms with Gasteiger partial charge in [0.25, 0.3) is 0 Å². The van der Waals surface area contributed by atoms with Crippen molar-refractivity contribution in [2.75, 3.05) is 0 Å². The van der Waals surface area contributed by atoms with Gasteiger partial charge < -0.3 is 5.11 Å². The van der Waals surface area contributed by atoms with Crippen molar-refractivity contribution >= 4 is 19.3 Å². The van der Waals surface area contributed by atoms with Gasteiger partial charge in [-0.1, -0.05) is 23.7 Å². The number of hydrogen-bond donors (Lipinski definition) is 1. The van der Waals surface area contributed by atoms with Gasteiger partial charge in [0.1, 0.15) is 7.85 Å². The van der Waals surface area contributed by atoms with E-state index < -0.39 is 5.97 Å². The molecule has 54 valence electrons. The molecule has 0 saturated carbocycles. The van der Waals surface area contributed by atoms with Gasteiger partial charge in [0.15, 0.2) is 0 Å². The molecule has 0 aliphatic heterocycles. The second-order valence-corrected chi connectivity index (χ2v) is 2.38. The molecule has 0 spiro atoms. The molecule has 3 heteroatoms. The van der Waals surface area contributed by atoms with Crippen molar-refractivity contribution in [2.24, 2.45) is 0 Å². The molecule has 0 bridgehead atoms. The van der Waals surface area contributed by atoms with Crippen molar-refractivity contribution in [3.05, 3.63) is 29.3 Å². The largest absolute Gasteiger partial charge is 0.478 e. The van der Waals surface area contributed by atoms with E-state index in [2.05, 4.69) is 0 Å². The number of carbonyl (C=O) groups is 1. The summed E-state index contributed by atoms with van der Waals surface area (Å²) in [4.78, 5) is 10.5. The highest BCUT2D eigenvalue weighted by atomic mass is 16.4. The Morgan fingerprint density at radius 2 is 2.18 bits per heavy atom. The van der Waals surface area contributed by atoms with Crippen LogP contribution in [0.5, 0.6) is 0 Å². The maximum Gasteiger partial charge on any atom is 0.335 e. The molecular formula is C8H7BO2. The Hall–Kier alpha value is -1.25. The zero-order chi connectivity index (χ0) is 8.43. The molecule has 2 nitrogen and oxygen atoms in total. The van der Waals surface area contributed by atoms with E-state index in [1.54, 1.807) is 19.1 Å². The molecule has 1 rings (SSSR count). The number of aryl methyl sites for hydroxylation is 1. The van der Waals surface area contributed by atoms with Crippen molar-refractivity contribution in [3.8, 4) is 0 Å². The molecule has 1 aromatic rings. The van der Waals surface area contributed by atoms with Crippen LogP contribution in [0.25, 0.3) is 0 Å². The van der Waals surface area contributed by atoms with Crippen LogP contribution in [0, 0.1) is 6.92 Å². The smallest absolute Gasteiger partial charge is 0.335 e. The molecule has 0 aliphatic carbocycles. The van der Waals surface area contributed by atoms with E-state index in [9.17, 15) is 4.79 Å². The molecule has 1 N–H and O–H groups in total. The normalized spacial score (nSPS) is 9.55. The SMILES string of the molecule is [B]c1ccc(C)c(C(=O)O)c1. The Morgan fingerprint density at radius 3 is 2.64 bits per heavy atom. The van der Waals surface area contributed by atoms with Crippen LogP contribution < -0.4 is 5.46 Å². The van der Waals surface area contributed by atoms with Gasteiger partial charge in [0.2, 0.25) is 0 Å². The monoisotopic (exact) mass is 146 g/mol. The third-order valence-corrected chi connectivity index (χ3v) is 1.49. The van der Waals surface area contributed by atoms with Crippen LogP contribution in [0.1, 0.15) is 15.9 Å². The number of rotatable bonds is 1. The van der Waals surface area contributed by atoms with Gasteiger partial charge in [-0.2, -0.15) is 0 Å². The molecule has 0 aromatic heterocycles. The lowest BCUT2D eigenvalue weighted by molar-refractivity contribution is 0.0696. The molecule has 11 heavy (non-hydrogen) atoms. The fraction of sp³-hybridized carbons (Fsp3) is 0.125. The topological polar surface area (TPSA) is 37.3 Å². The average molecular weight is 146 g/mol. The second-order valence-electron chi connectivity index (χ2n) is 2.38. The highest BCUT2D eigenvalue weighted by Gasteiger charge is 2.04. The van der Waals surface area contributed by atoms with Crippen molar-refractivity contribution in [1.82, 2.24) is 0 Å². The first-order valence-corrected chi connectivity index (χ1v) is 3.20. The minimum absolute atomic E-state index is 0.269. The van der Waals surface area contributed by atoms with E-state index in [1.165, 1.54) is 6.07 Å². The predicted molar refractivity (Wildman–Crippen MR) is 43.5 cm³/mol. The molecule has 0 unspecified atom stereocenters. The summed E-state index contributed by atoms with van der Waals surface area (Å²) in [6.07, 6.45) is 0. The maximum atomic E-state index is 10.5.